The minimum Gasteiger partial charge on any atom is -0.478 e. The number of carboxylic acid groups (broad SMARTS) is 1. The van der Waals surface area contributed by atoms with Gasteiger partial charge in [-0.05, 0) is 38.1 Å². The standard InChI is InChI=1S/C16H19N3O4S/c1-3-17-16-19(4-2)13(20)9-12(24-16)14(21)18-11-7-5-10(6-8-11)15(22)23/h5-8,12H,3-4,9H2,1-2H3,(H,18,21)(H,22,23)/t12-/m1/s1. The van der Waals surface area contributed by atoms with Crippen LogP contribution >= 0.6 is 11.8 Å². The van der Waals surface area contributed by atoms with Crippen LogP contribution < -0.4 is 5.32 Å². The summed E-state index contributed by atoms with van der Waals surface area (Å²) in [5.41, 5.74) is 0.635. The van der Waals surface area contributed by atoms with Gasteiger partial charge in [0.05, 0.1) is 5.56 Å². The van der Waals surface area contributed by atoms with Crippen LogP contribution in [0.25, 0.3) is 0 Å². The second kappa shape index (κ2) is 7.96. The number of anilines is 1. The Bertz CT molecular complexity index is 672. The lowest BCUT2D eigenvalue weighted by molar-refractivity contribution is -0.129. The number of benzene rings is 1. The first kappa shape index (κ1) is 18.0. The van der Waals surface area contributed by atoms with Gasteiger partial charge in [-0.15, -0.1) is 0 Å². The zero-order chi connectivity index (χ0) is 17.7. The van der Waals surface area contributed by atoms with E-state index in [0.717, 1.165) is 0 Å². The lowest BCUT2D eigenvalue weighted by Gasteiger charge is -2.30. The highest BCUT2D eigenvalue weighted by atomic mass is 32.2. The Hall–Kier alpha value is -2.35. The molecule has 0 unspecified atom stereocenters. The Labute approximate surface area is 144 Å². The molecular formula is C16H19N3O4S. The topological polar surface area (TPSA) is 99.1 Å². The largest absolute Gasteiger partial charge is 0.478 e. The summed E-state index contributed by atoms with van der Waals surface area (Å²) in [7, 11) is 0. The molecule has 1 fully saturated rings. The Morgan fingerprint density at radius 1 is 1.33 bits per heavy atom. The van der Waals surface area contributed by atoms with Gasteiger partial charge in [0.2, 0.25) is 11.8 Å². The van der Waals surface area contributed by atoms with E-state index in [-0.39, 0.29) is 23.8 Å². The number of nitrogens with one attached hydrogen (secondary N) is 1. The number of hydrogen-bond donors (Lipinski definition) is 2. The van der Waals surface area contributed by atoms with E-state index in [0.29, 0.717) is 23.9 Å². The molecule has 0 radical (unpaired) electrons. The van der Waals surface area contributed by atoms with E-state index in [9.17, 15) is 14.4 Å². The van der Waals surface area contributed by atoms with Crippen molar-refractivity contribution in [2.24, 2.45) is 4.99 Å². The van der Waals surface area contributed by atoms with Crippen LogP contribution in [0.3, 0.4) is 0 Å². The predicted octanol–water partition coefficient (Wildman–Crippen LogP) is 2.05. The molecule has 1 aromatic rings. The molecule has 1 saturated heterocycles. The number of amides is 2. The number of carboxylic acids is 1. The maximum Gasteiger partial charge on any atom is 0.335 e. The fourth-order valence-corrected chi connectivity index (χ4v) is 3.45. The van der Waals surface area contributed by atoms with Crippen molar-refractivity contribution in [3.63, 3.8) is 0 Å². The van der Waals surface area contributed by atoms with Crippen molar-refractivity contribution in [1.29, 1.82) is 0 Å². The molecule has 1 aromatic carbocycles. The normalized spacial score (nSPS) is 19.4. The quantitative estimate of drug-likeness (QED) is 0.848. The number of thioether (sulfide) groups is 1. The maximum absolute atomic E-state index is 12.4. The van der Waals surface area contributed by atoms with Gasteiger partial charge in [0, 0.05) is 25.2 Å². The number of carbonyl (C=O) groups is 3. The van der Waals surface area contributed by atoms with E-state index in [1.165, 1.54) is 36.0 Å². The van der Waals surface area contributed by atoms with Gasteiger partial charge >= 0.3 is 5.97 Å². The fourth-order valence-electron chi connectivity index (χ4n) is 2.24. The molecule has 7 nitrogen and oxygen atoms in total. The predicted molar refractivity (Wildman–Crippen MR) is 93.4 cm³/mol. The van der Waals surface area contributed by atoms with Crippen LogP contribution in [0.4, 0.5) is 5.69 Å². The molecule has 1 aliphatic rings. The van der Waals surface area contributed by atoms with Gasteiger partial charge in [0.25, 0.3) is 0 Å². The van der Waals surface area contributed by atoms with E-state index in [1.807, 2.05) is 13.8 Å². The Morgan fingerprint density at radius 3 is 2.54 bits per heavy atom. The van der Waals surface area contributed by atoms with Crippen molar-refractivity contribution >= 4 is 40.4 Å². The lowest BCUT2D eigenvalue weighted by Crippen LogP contribution is -2.45. The van der Waals surface area contributed by atoms with Crippen molar-refractivity contribution in [2.75, 3.05) is 18.4 Å². The molecule has 0 spiro atoms. The number of amidine groups is 1. The molecular weight excluding hydrogens is 330 g/mol. The first-order valence-corrected chi connectivity index (χ1v) is 8.49. The first-order valence-electron chi connectivity index (χ1n) is 7.62. The van der Waals surface area contributed by atoms with E-state index in [2.05, 4.69) is 10.3 Å². The summed E-state index contributed by atoms with van der Waals surface area (Å²) in [6, 6.07) is 5.88. The maximum atomic E-state index is 12.4. The smallest absolute Gasteiger partial charge is 0.335 e. The third-order valence-corrected chi connectivity index (χ3v) is 4.67. The second-order valence-corrected chi connectivity index (χ2v) is 6.25. The molecule has 0 aromatic heterocycles. The average Bonchev–Trinajstić information content (AvgIpc) is 2.55. The summed E-state index contributed by atoms with van der Waals surface area (Å²) in [4.78, 5) is 41.3. The fraction of sp³-hybridized carbons (Fsp3) is 0.375. The van der Waals surface area contributed by atoms with Crippen LogP contribution in [0.15, 0.2) is 29.3 Å². The summed E-state index contributed by atoms with van der Waals surface area (Å²) in [5.74, 6) is -1.44. The van der Waals surface area contributed by atoms with Crippen LogP contribution in [-0.2, 0) is 9.59 Å². The van der Waals surface area contributed by atoms with Gasteiger partial charge in [-0.3, -0.25) is 19.5 Å². The Balaban J connectivity index is 2.08. The summed E-state index contributed by atoms with van der Waals surface area (Å²) >= 11 is 1.28. The minimum absolute atomic E-state index is 0.111. The van der Waals surface area contributed by atoms with Crippen LogP contribution in [0.2, 0.25) is 0 Å². The number of carbonyl (C=O) groups excluding carboxylic acids is 2. The zero-order valence-corrected chi connectivity index (χ0v) is 14.3. The zero-order valence-electron chi connectivity index (χ0n) is 13.5. The monoisotopic (exact) mass is 349 g/mol. The summed E-state index contributed by atoms with van der Waals surface area (Å²) in [5, 5.41) is 11.6. The molecule has 1 heterocycles. The molecule has 2 amide bonds. The number of aliphatic imine (C=N–C) groups is 1. The van der Waals surface area contributed by atoms with Crippen LogP contribution in [-0.4, -0.2) is 51.3 Å². The van der Waals surface area contributed by atoms with Crippen molar-refractivity contribution < 1.29 is 19.5 Å². The van der Waals surface area contributed by atoms with Gasteiger partial charge < -0.3 is 10.4 Å². The van der Waals surface area contributed by atoms with Crippen molar-refractivity contribution in [2.45, 2.75) is 25.5 Å². The molecule has 2 N–H and O–H groups in total. The number of hydrogen-bond acceptors (Lipinski definition) is 5. The minimum atomic E-state index is -1.03. The number of rotatable bonds is 5. The lowest BCUT2D eigenvalue weighted by atomic mass is 10.2. The second-order valence-electron chi connectivity index (χ2n) is 5.08. The number of nitrogens with zero attached hydrogens (tertiary/aromatic N) is 2. The molecule has 0 saturated carbocycles. The van der Waals surface area contributed by atoms with E-state index in [1.54, 1.807) is 4.90 Å². The van der Waals surface area contributed by atoms with Crippen LogP contribution in [0.1, 0.15) is 30.6 Å². The molecule has 2 rings (SSSR count). The Morgan fingerprint density at radius 2 is 2.00 bits per heavy atom. The van der Waals surface area contributed by atoms with E-state index < -0.39 is 11.2 Å². The summed E-state index contributed by atoms with van der Waals surface area (Å²) in [6.45, 7) is 4.81. The van der Waals surface area contributed by atoms with Gasteiger partial charge in [0.15, 0.2) is 5.17 Å². The van der Waals surface area contributed by atoms with Crippen molar-refractivity contribution in [3.05, 3.63) is 29.8 Å². The van der Waals surface area contributed by atoms with Gasteiger partial charge in [0.1, 0.15) is 5.25 Å². The third kappa shape index (κ3) is 4.14. The molecule has 1 aliphatic heterocycles. The van der Waals surface area contributed by atoms with Crippen molar-refractivity contribution in [3.8, 4) is 0 Å². The highest BCUT2D eigenvalue weighted by Gasteiger charge is 2.34. The third-order valence-electron chi connectivity index (χ3n) is 3.44. The van der Waals surface area contributed by atoms with Gasteiger partial charge in [-0.2, -0.15) is 0 Å². The van der Waals surface area contributed by atoms with Crippen LogP contribution in [0, 0.1) is 0 Å². The molecule has 1 atom stereocenters. The molecule has 0 aliphatic carbocycles. The van der Waals surface area contributed by atoms with Crippen molar-refractivity contribution in [1.82, 2.24) is 4.90 Å². The molecule has 0 bridgehead atoms. The average molecular weight is 349 g/mol. The SMILES string of the molecule is CCN=C1S[C@@H](C(=O)Nc2ccc(C(=O)O)cc2)CC(=O)N1CC. The van der Waals surface area contributed by atoms with Crippen LogP contribution in [0.5, 0.6) is 0 Å². The highest BCUT2D eigenvalue weighted by molar-refractivity contribution is 8.15. The molecule has 128 valence electrons. The summed E-state index contributed by atoms with van der Waals surface area (Å²) in [6.07, 6.45) is 0.111. The highest BCUT2D eigenvalue weighted by Crippen LogP contribution is 2.27. The van der Waals surface area contributed by atoms with E-state index >= 15 is 0 Å². The Kier molecular flexibility index (Phi) is 5.97. The van der Waals surface area contributed by atoms with Gasteiger partial charge in [-0.25, -0.2) is 4.79 Å². The first-order chi connectivity index (χ1) is 11.5. The van der Waals surface area contributed by atoms with E-state index in [4.69, 9.17) is 5.11 Å². The van der Waals surface area contributed by atoms with Gasteiger partial charge in [-0.1, -0.05) is 11.8 Å². The molecule has 24 heavy (non-hydrogen) atoms. The summed E-state index contributed by atoms with van der Waals surface area (Å²) < 4.78 is 0. The number of aromatic carboxylic acids is 1. The molecule has 8 heteroatoms.